The highest BCUT2D eigenvalue weighted by Crippen LogP contribution is 2.26. The van der Waals surface area contributed by atoms with Gasteiger partial charge in [-0.2, -0.15) is 0 Å². The Hall–Kier alpha value is -2.14. The summed E-state index contributed by atoms with van der Waals surface area (Å²) in [6.45, 7) is 2.51. The van der Waals surface area contributed by atoms with Gasteiger partial charge in [0.15, 0.2) is 10.8 Å². The monoisotopic (exact) mass is 292 g/mol. The van der Waals surface area contributed by atoms with Gasteiger partial charge in [-0.05, 0) is 31.2 Å². The van der Waals surface area contributed by atoms with E-state index in [0.29, 0.717) is 12.3 Å². The highest BCUT2D eigenvalue weighted by Gasteiger charge is 2.13. The summed E-state index contributed by atoms with van der Waals surface area (Å²) in [5, 5.41) is 0.224. The SMILES string of the molecule is CCOc1ccc(-c2nc(C(=O)OC)cnc2Cl)cc1. The van der Waals surface area contributed by atoms with Crippen molar-refractivity contribution in [3.63, 3.8) is 0 Å². The topological polar surface area (TPSA) is 61.3 Å². The number of rotatable bonds is 4. The standard InChI is InChI=1S/C14H13ClN2O3/c1-3-20-10-6-4-9(5-7-10)12-13(15)16-8-11(17-12)14(18)19-2/h4-8H,3H2,1-2H3. The summed E-state index contributed by atoms with van der Waals surface area (Å²) in [5.74, 6) is 0.200. The third kappa shape index (κ3) is 3.05. The Kier molecular flexibility index (Phi) is 4.53. The van der Waals surface area contributed by atoms with Gasteiger partial charge in [-0.3, -0.25) is 0 Å². The zero-order valence-corrected chi connectivity index (χ0v) is 11.8. The predicted octanol–water partition coefficient (Wildman–Crippen LogP) is 2.98. The van der Waals surface area contributed by atoms with Gasteiger partial charge in [0.05, 0.1) is 19.9 Å². The molecule has 0 amide bonds. The lowest BCUT2D eigenvalue weighted by atomic mass is 10.1. The first kappa shape index (κ1) is 14.3. The molecule has 1 heterocycles. The average molecular weight is 293 g/mol. The van der Waals surface area contributed by atoms with Crippen LogP contribution < -0.4 is 4.74 Å². The van der Waals surface area contributed by atoms with Crippen LogP contribution in [0.4, 0.5) is 0 Å². The van der Waals surface area contributed by atoms with Gasteiger partial charge in [-0.1, -0.05) is 11.6 Å². The summed E-state index contributed by atoms with van der Waals surface area (Å²) in [6, 6.07) is 7.23. The molecule has 0 unspecified atom stereocenters. The maximum Gasteiger partial charge on any atom is 0.358 e. The van der Waals surface area contributed by atoms with Crippen molar-refractivity contribution in [2.75, 3.05) is 13.7 Å². The molecule has 0 aliphatic carbocycles. The van der Waals surface area contributed by atoms with E-state index >= 15 is 0 Å². The molecule has 0 saturated carbocycles. The summed E-state index contributed by atoms with van der Waals surface area (Å²) >= 11 is 6.02. The van der Waals surface area contributed by atoms with Gasteiger partial charge in [0.25, 0.3) is 0 Å². The molecule has 1 aromatic heterocycles. The second-order valence-electron chi connectivity index (χ2n) is 3.84. The number of benzene rings is 1. The molecular formula is C14H13ClN2O3. The largest absolute Gasteiger partial charge is 0.494 e. The number of carbonyl (C=O) groups excluding carboxylic acids is 1. The number of esters is 1. The Labute approximate surface area is 121 Å². The molecule has 6 heteroatoms. The van der Waals surface area contributed by atoms with Crippen molar-refractivity contribution in [2.24, 2.45) is 0 Å². The van der Waals surface area contributed by atoms with E-state index in [2.05, 4.69) is 14.7 Å². The lowest BCUT2D eigenvalue weighted by Crippen LogP contribution is -2.06. The molecule has 0 fully saturated rings. The van der Waals surface area contributed by atoms with Crippen molar-refractivity contribution in [2.45, 2.75) is 6.92 Å². The molecule has 1 aromatic carbocycles. The zero-order valence-electron chi connectivity index (χ0n) is 11.1. The van der Waals surface area contributed by atoms with Gasteiger partial charge in [-0.25, -0.2) is 14.8 Å². The van der Waals surface area contributed by atoms with Crippen LogP contribution in [0.5, 0.6) is 5.75 Å². The molecule has 0 N–H and O–H groups in total. The molecule has 0 radical (unpaired) electrons. The highest BCUT2D eigenvalue weighted by atomic mass is 35.5. The molecule has 0 aliphatic rings. The van der Waals surface area contributed by atoms with Crippen LogP contribution >= 0.6 is 11.6 Å². The fourth-order valence-electron chi connectivity index (χ4n) is 1.64. The normalized spacial score (nSPS) is 10.2. The Bertz CT molecular complexity index is 614. The van der Waals surface area contributed by atoms with Crippen molar-refractivity contribution in [3.05, 3.63) is 41.3 Å². The minimum absolute atomic E-state index is 0.112. The van der Waals surface area contributed by atoms with Gasteiger partial charge < -0.3 is 9.47 Å². The van der Waals surface area contributed by atoms with Gasteiger partial charge in [-0.15, -0.1) is 0 Å². The van der Waals surface area contributed by atoms with E-state index in [9.17, 15) is 4.79 Å². The minimum Gasteiger partial charge on any atom is -0.494 e. The highest BCUT2D eigenvalue weighted by molar-refractivity contribution is 6.31. The smallest absolute Gasteiger partial charge is 0.358 e. The molecule has 0 saturated heterocycles. The lowest BCUT2D eigenvalue weighted by molar-refractivity contribution is 0.0593. The van der Waals surface area contributed by atoms with Crippen molar-refractivity contribution >= 4 is 17.6 Å². The Morgan fingerprint density at radius 1 is 1.30 bits per heavy atom. The van der Waals surface area contributed by atoms with Gasteiger partial charge in [0.2, 0.25) is 0 Å². The maximum absolute atomic E-state index is 11.5. The third-order valence-electron chi connectivity index (χ3n) is 2.56. The molecule has 2 rings (SSSR count). The van der Waals surface area contributed by atoms with E-state index in [4.69, 9.17) is 16.3 Å². The molecule has 5 nitrogen and oxygen atoms in total. The lowest BCUT2D eigenvalue weighted by Gasteiger charge is -2.07. The quantitative estimate of drug-likeness (QED) is 0.811. The average Bonchev–Trinajstić information content (AvgIpc) is 2.48. The van der Waals surface area contributed by atoms with E-state index in [-0.39, 0.29) is 10.8 Å². The zero-order chi connectivity index (χ0) is 14.5. The number of nitrogens with zero attached hydrogens (tertiary/aromatic N) is 2. The molecule has 104 valence electrons. The summed E-state index contributed by atoms with van der Waals surface area (Å²) in [5.41, 5.74) is 1.29. The van der Waals surface area contributed by atoms with Crippen molar-refractivity contribution in [1.29, 1.82) is 0 Å². The maximum atomic E-state index is 11.5. The molecule has 20 heavy (non-hydrogen) atoms. The van der Waals surface area contributed by atoms with E-state index in [1.54, 1.807) is 0 Å². The molecule has 0 bridgehead atoms. The first-order chi connectivity index (χ1) is 9.65. The predicted molar refractivity (Wildman–Crippen MR) is 75.0 cm³/mol. The first-order valence-corrected chi connectivity index (χ1v) is 6.37. The van der Waals surface area contributed by atoms with Gasteiger partial charge in [0.1, 0.15) is 11.4 Å². The molecule has 2 aromatic rings. The van der Waals surface area contributed by atoms with Gasteiger partial charge >= 0.3 is 5.97 Å². The first-order valence-electron chi connectivity index (χ1n) is 5.99. The van der Waals surface area contributed by atoms with E-state index in [1.165, 1.54) is 13.3 Å². The number of hydrogen-bond acceptors (Lipinski definition) is 5. The van der Waals surface area contributed by atoms with E-state index < -0.39 is 5.97 Å². The van der Waals surface area contributed by atoms with Crippen LogP contribution in [0.25, 0.3) is 11.3 Å². The van der Waals surface area contributed by atoms with Crippen LogP contribution in [0.15, 0.2) is 30.5 Å². The number of aromatic nitrogens is 2. The van der Waals surface area contributed by atoms with Crippen molar-refractivity contribution < 1.29 is 14.3 Å². The summed E-state index contributed by atoms with van der Waals surface area (Å²) < 4.78 is 9.98. The molecule has 0 atom stereocenters. The fraction of sp³-hybridized carbons (Fsp3) is 0.214. The van der Waals surface area contributed by atoms with Crippen LogP contribution in [-0.2, 0) is 4.74 Å². The van der Waals surface area contributed by atoms with Crippen molar-refractivity contribution in [1.82, 2.24) is 9.97 Å². The van der Waals surface area contributed by atoms with Crippen LogP contribution in [0.2, 0.25) is 5.15 Å². The second kappa shape index (κ2) is 6.34. The number of methoxy groups -OCH3 is 1. The second-order valence-corrected chi connectivity index (χ2v) is 4.20. The molecule has 0 spiro atoms. The Balaban J connectivity index is 2.38. The van der Waals surface area contributed by atoms with E-state index in [1.807, 2.05) is 31.2 Å². The van der Waals surface area contributed by atoms with Crippen LogP contribution in [0.3, 0.4) is 0 Å². The number of ether oxygens (including phenoxy) is 2. The molecule has 0 aliphatic heterocycles. The number of carbonyl (C=O) groups is 1. The Morgan fingerprint density at radius 3 is 2.60 bits per heavy atom. The Morgan fingerprint density at radius 2 is 2.00 bits per heavy atom. The summed E-state index contributed by atoms with van der Waals surface area (Å²) in [6.07, 6.45) is 1.28. The number of halogens is 1. The minimum atomic E-state index is -0.554. The number of hydrogen-bond donors (Lipinski definition) is 0. The molecular weight excluding hydrogens is 280 g/mol. The van der Waals surface area contributed by atoms with Gasteiger partial charge in [0, 0.05) is 5.56 Å². The fourth-order valence-corrected chi connectivity index (χ4v) is 1.84. The summed E-state index contributed by atoms with van der Waals surface area (Å²) in [4.78, 5) is 19.6. The van der Waals surface area contributed by atoms with Crippen LogP contribution in [-0.4, -0.2) is 29.7 Å². The van der Waals surface area contributed by atoms with Crippen molar-refractivity contribution in [3.8, 4) is 17.0 Å². The summed E-state index contributed by atoms with van der Waals surface area (Å²) in [7, 11) is 1.29. The van der Waals surface area contributed by atoms with Crippen LogP contribution in [0.1, 0.15) is 17.4 Å². The third-order valence-corrected chi connectivity index (χ3v) is 2.84. The van der Waals surface area contributed by atoms with Crippen LogP contribution in [0, 0.1) is 0 Å². The van der Waals surface area contributed by atoms with E-state index in [0.717, 1.165) is 11.3 Å².